The van der Waals surface area contributed by atoms with E-state index in [1.54, 1.807) is 12.1 Å². The van der Waals surface area contributed by atoms with Gasteiger partial charge in [-0.05, 0) is 74.7 Å². The summed E-state index contributed by atoms with van der Waals surface area (Å²) >= 11 is 0. The van der Waals surface area contributed by atoms with Crippen LogP contribution in [0, 0.1) is 17.3 Å². The molecular weight excluding hydrogens is 488 g/mol. The van der Waals surface area contributed by atoms with Gasteiger partial charge in [0.1, 0.15) is 6.04 Å². The number of carbonyl (C=O) groups excluding carboxylic acids is 4. The van der Waals surface area contributed by atoms with Gasteiger partial charge >= 0.3 is 5.97 Å². The minimum atomic E-state index is -0.961. The summed E-state index contributed by atoms with van der Waals surface area (Å²) < 4.78 is 0. The summed E-state index contributed by atoms with van der Waals surface area (Å²) in [6.07, 6.45) is 3.75. The number of rotatable bonds is 7. The Morgan fingerprint density at radius 2 is 1.71 bits per heavy atom. The van der Waals surface area contributed by atoms with E-state index in [-0.39, 0.29) is 30.1 Å². The number of hydrogen-bond donors (Lipinski definition) is 2. The molecule has 0 radical (unpaired) electrons. The molecule has 0 saturated carbocycles. The summed E-state index contributed by atoms with van der Waals surface area (Å²) in [5.41, 5.74) is 1.60. The van der Waals surface area contributed by atoms with Crippen LogP contribution in [0.25, 0.3) is 0 Å². The number of nitrogens with zero attached hydrogens (tertiary/aromatic N) is 3. The molecule has 10 nitrogen and oxygen atoms in total. The second-order valence-electron chi connectivity index (χ2n) is 12.0. The lowest BCUT2D eigenvalue weighted by atomic mass is 9.81. The molecule has 1 unspecified atom stereocenters. The maximum absolute atomic E-state index is 13.2. The van der Waals surface area contributed by atoms with Crippen LogP contribution in [0.4, 0.5) is 5.69 Å². The van der Waals surface area contributed by atoms with Crippen molar-refractivity contribution in [1.29, 1.82) is 0 Å². The van der Waals surface area contributed by atoms with Gasteiger partial charge in [-0.3, -0.25) is 34.2 Å². The minimum Gasteiger partial charge on any atom is -0.481 e. The maximum atomic E-state index is 13.2. The predicted octanol–water partition coefficient (Wildman–Crippen LogP) is 2.13. The van der Waals surface area contributed by atoms with Crippen LogP contribution >= 0.6 is 0 Å². The monoisotopic (exact) mass is 524 g/mol. The van der Waals surface area contributed by atoms with Gasteiger partial charge in [-0.2, -0.15) is 0 Å². The molecule has 1 aromatic rings. The fourth-order valence-corrected chi connectivity index (χ4v) is 6.68. The number of likely N-dealkylation sites (tertiary alicyclic amines) is 1. The number of fused-ring (bicyclic) bond motifs is 1. The summed E-state index contributed by atoms with van der Waals surface area (Å²) in [7, 11) is 0. The Labute approximate surface area is 222 Å². The number of carbonyl (C=O) groups is 5. The third kappa shape index (κ3) is 5.18. The number of piperidine rings is 2. The van der Waals surface area contributed by atoms with Crippen LogP contribution in [0.3, 0.4) is 0 Å². The molecule has 5 rings (SSSR count). The van der Waals surface area contributed by atoms with E-state index in [4.69, 9.17) is 0 Å². The van der Waals surface area contributed by atoms with Crippen molar-refractivity contribution in [3.63, 3.8) is 0 Å². The number of carboxylic acid groups (broad SMARTS) is 1. The lowest BCUT2D eigenvalue weighted by molar-refractivity contribution is -0.143. The fraction of sp³-hybridized carbons (Fsp3) is 0.607. The van der Waals surface area contributed by atoms with Gasteiger partial charge in [-0.25, -0.2) is 0 Å². The van der Waals surface area contributed by atoms with E-state index in [1.165, 1.54) is 0 Å². The molecule has 1 aromatic carbocycles. The van der Waals surface area contributed by atoms with Gasteiger partial charge in [-0.1, -0.05) is 13.8 Å². The third-order valence-corrected chi connectivity index (χ3v) is 8.50. The number of benzene rings is 1. The highest BCUT2D eigenvalue weighted by Crippen LogP contribution is 2.36. The Kier molecular flexibility index (Phi) is 7.02. The van der Waals surface area contributed by atoms with Gasteiger partial charge in [-0.15, -0.1) is 0 Å². The summed E-state index contributed by atoms with van der Waals surface area (Å²) in [5.74, 6) is -2.37. The highest BCUT2D eigenvalue weighted by molar-refractivity contribution is 6.23. The summed E-state index contributed by atoms with van der Waals surface area (Å²) in [6, 6.07) is 4.35. The Balaban J connectivity index is 1.20. The van der Waals surface area contributed by atoms with Gasteiger partial charge in [0.15, 0.2) is 0 Å². The van der Waals surface area contributed by atoms with E-state index >= 15 is 0 Å². The fourth-order valence-electron chi connectivity index (χ4n) is 6.68. The van der Waals surface area contributed by atoms with Crippen molar-refractivity contribution in [1.82, 2.24) is 15.1 Å². The van der Waals surface area contributed by atoms with Crippen molar-refractivity contribution in [2.24, 2.45) is 17.3 Å². The smallest absolute Gasteiger partial charge is 0.306 e. The number of hydrogen-bond acceptors (Lipinski definition) is 7. The van der Waals surface area contributed by atoms with Gasteiger partial charge in [0, 0.05) is 31.7 Å². The van der Waals surface area contributed by atoms with E-state index in [0.717, 1.165) is 56.2 Å². The quantitative estimate of drug-likeness (QED) is 0.520. The zero-order chi connectivity index (χ0) is 27.2. The number of carboxylic acids is 1. The van der Waals surface area contributed by atoms with Crippen LogP contribution in [-0.4, -0.2) is 83.3 Å². The van der Waals surface area contributed by atoms with E-state index in [9.17, 15) is 29.1 Å². The lowest BCUT2D eigenvalue weighted by Crippen LogP contribution is -2.54. The molecule has 4 heterocycles. The molecule has 4 aliphatic heterocycles. The Morgan fingerprint density at radius 3 is 2.39 bits per heavy atom. The Hall–Kier alpha value is -3.27. The summed E-state index contributed by atoms with van der Waals surface area (Å²) in [4.78, 5) is 66.9. The van der Waals surface area contributed by atoms with Crippen LogP contribution in [0.2, 0.25) is 0 Å². The van der Waals surface area contributed by atoms with Crippen molar-refractivity contribution in [3.05, 3.63) is 29.3 Å². The van der Waals surface area contributed by atoms with Crippen molar-refractivity contribution >= 4 is 35.3 Å². The molecule has 2 atom stereocenters. The molecule has 10 heteroatoms. The van der Waals surface area contributed by atoms with Crippen molar-refractivity contribution in [3.8, 4) is 0 Å². The summed E-state index contributed by atoms with van der Waals surface area (Å²) in [6.45, 7) is 8.89. The molecular formula is C28H36N4O6. The molecule has 0 aliphatic carbocycles. The van der Waals surface area contributed by atoms with Gasteiger partial charge in [0.25, 0.3) is 11.8 Å². The number of imide groups is 2. The second-order valence-corrected chi connectivity index (χ2v) is 12.0. The normalized spacial score (nSPS) is 25.2. The van der Waals surface area contributed by atoms with Gasteiger partial charge in [0.2, 0.25) is 11.8 Å². The van der Waals surface area contributed by atoms with Gasteiger partial charge in [0.05, 0.1) is 17.0 Å². The molecule has 0 spiro atoms. The van der Waals surface area contributed by atoms with Crippen LogP contribution in [0.15, 0.2) is 18.2 Å². The standard InChI is InChI=1S/C28H36N4O6/c1-28(2,16-30-10-8-18(9-11-30)27(37)38)14-17-7-12-31(15-17)19-3-4-20-21(13-19)26(36)32(25(20)35)22-5-6-23(33)29-24(22)34/h3-4,13,17-18,22H,5-12,14-16H2,1-2H3,(H,37,38)(H,29,33,34)/t17-,22?/m0/s1. The highest BCUT2D eigenvalue weighted by atomic mass is 16.4. The molecule has 4 aliphatic rings. The first kappa shape index (κ1) is 26.3. The first-order valence-electron chi connectivity index (χ1n) is 13.6. The zero-order valence-electron chi connectivity index (χ0n) is 22.1. The van der Waals surface area contributed by atoms with Crippen molar-refractivity contribution in [2.75, 3.05) is 37.6 Å². The molecule has 0 aromatic heterocycles. The molecule has 4 amide bonds. The van der Waals surface area contributed by atoms with E-state index in [2.05, 4.69) is 29.0 Å². The number of nitrogens with one attached hydrogen (secondary N) is 1. The third-order valence-electron chi connectivity index (χ3n) is 8.50. The first-order valence-corrected chi connectivity index (χ1v) is 13.6. The van der Waals surface area contributed by atoms with Crippen LogP contribution in [-0.2, 0) is 14.4 Å². The molecule has 3 saturated heterocycles. The summed E-state index contributed by atoms with van der Waals surface area (Å²) in [5, 5.41) is 11.5. The topological polar surface area (TPSA) is 127 Å². The maximum Gasteiger partial charge on any atom is 0.306 e. The molecule has 2 N–H and O–H groups in total. The number of amides is 4. The first-order chi connectivity index (χ1) is 18.0. The lowest BCUT2D eigenvalue weighted by Gasteiger charge is -2.37. The molecule has 204 valence electrons. The zero-order valence-corrected chi connectivity index (χ0v) is 22.1. The molecule has 38 heavy (non-hydrogen) atoms. The van der Waals surface area contributed by atoms with Crippen molar-refractivity contribution < 1.29 is 29.1 Å². The second kappa shape index (κ2) is 10.1. The minimum absolute atomic E-state index is 0.0967. The van der Waals surface area contributed by atoms with E-state index < -0.39 is 29.7 Å². The molecule has 0 bridgehead atoms. The average molecular weight is 525 g/mol. The average Bonchev–Trinajstić information content (AvgIpc) is 3.41. The van der Waals surface area contributed by atoms with Crippen LogP contribution in [0.5, 0.6) is 0 Å². The Bertz CT molecular complexity index is 1170. The van der Waals surface area contributed by atoms with Crippen molar-refractivity contribution in [2.45, 2.75) is 58.4 Å². The Morgan fingerprint density at radius 1 is 1.00 bits per heavy atom. The highest BCUT2D eigenvalue weighted by Gasteiger charge is 2.45. The number of aliphatic carboxylic acids is 1. The van der Waals surface area contributed by atoms with E-state index in [1.807, 2.05) is 6.07 Å². The predicted molar refractivity (Wildman–Crippen MR) is 139 cm³/mol. The van der Waals surface area contributed by atoms with Gasteiger partial charge < -0.3 is 14.9 Å². The molecule has 3 fully saturated rings. The largest absolute Gasteiger partial charge is 0.481 e. The SMILES string of the molecule is CC(C)(C[C@@H]1CCN(c2ccc3c(c2)C(=O)N(C2CCC(=O)NC2=O)C3=O)C1)CN1CCC(C(=O)O)CC1. The van der Waals surface area contributed by atoms with E-state index in [0.29, 0.717) is 29.9 Å². The number of anilines is 1. The van der Waals surface area contributed by atoms with Crippen LogP contribution < -0.4 is 10.2 Å². The van der Waals surface area contributed by atoms with Crippen LogP contribution in [0.1, 0.15) is 73.1 Å².